The fourth-order valence-electron chi connectivity index (χ4n) is 6.91. The fourth-order valence-corrected chi connectivity index (χ4v) is 6.91. The predicted molar refractivity (Wildman–Crippen MR) is 123 cm³/mol. The van der Waals surface area contributed by atoms with Crippen molar-refractivity contribution in [3.63, 3.8) is 0 Å². The molecule has 0 aromatic heterocycles. The van der Waals surface area contributed by atoms with Crippen molar-refractivity contribution in [2.75, 3.05) is 0 Å². The van der Waals surface area contributed by atoms with Crippen LogP contribution in [-0.2, 0) is 9.53 Å². The van der Waals surface area contributed by atoms with Gasteiger partial charge in [-0.2, -0.15) is 12.8 Å². The van der Waals surface area contributed by atoms with E-state index in [4.69, 9.17) is 10.1 Å². The van der Waals surface area contributed by atoms with E-state index >= 15 is 0 Å². The van der Waals surface area contributed by atoms with Crippen molar-refractivity contribution in [3.05, 3.63) is 11.7 Å². The molecule has 2 spiro atoms. The first-order valence-electron chi connectivity index (χ1n) is 12.0. The summed E-state index contributed by atoms with van der Waals surface area (Å²) in [4.78, 5) is 13.1. The number of piperidine rings is 2. The van der Waals surface area contributed by atoms with Crippen LogP contribution in [0.5, 0.6) is 0 Å². The largest absolute Gasteiger partial charge is 2.00 e. The number of nitrogens with zero attached hydrogens (tertiary/aromatic N) is 1. The quantitative estimate of drug-likeness (QED) is 0.344. The summed E-state index contributed by atoms with van der Waals surface area (Å²) in [6.45, 7) is 17.1. The van der Waals surface area contributed by atoms with Crippen LogP contribution in [0.4, 0.5) is 0 Å². The van der Waals surface area contributed by atoms with Crippen LogP contribution in [-0.4, -0.2) is 39.4 Å². The Labute approximate surface area is 214 Å². The van der Waals surface area contributed by atoms with Crippen molar-refractivity contribution in [1.82, 2.24) is 10.6 Å². The molecule has 0 radical (unpaired) electrons. The molecule has 2 N–H and O–H groups in total. The Hall–Kier alpha value is 0.402. The molecule has 0 atom stereocenters. The van der Waals surface area contributed by atoms with E-state index in [1.165, 1.54) is 32.1 Å². The molecule has 3 aliphatic heterocycles. The molecule has 3 saturated heterocycles. The first-order chi connectivity index (χ1) is 13.6. The van der Waals surface area contributed by atoms with Gasteiger partial charge in [-0.1, -0.05) is 47.0 Å². The molecule has 1 aliphatic carbocycles. The van der Waals surface area contributed by atoms with Gasteiger partial charge < -0.3 is 27.1 Å². The van der Waals surface area contributed by atoms with Crippen LogP contribution in [0.25, 0.3) is 5.32 Å². The van der Waals surface area contributed by atoms with Gasteiger partial charge in [0.25, 0.3) is 5.91 Å². The normalized spacial score (nSPS) is 31.2. The average molecular weight is 658 g/mol. The number of amides is 1. The molecule has 4 aliphatic rings. The standard InChI is InChI=1S/C19H34N3O2.C6H11.U/c1-14(2)9-18(10-15(3,4)21-14)13(23)20-19(24-18)11-16(5,6)22-17(7,8)12-19;1-2-4-6-5-3-1;/h21H,9-12H2,1-8H3,(H,20,23);1H,2-6H2;/q2*-1;+2. The summed E-state index contributed by atoms with van der Waals surface area (Å²) in [6.07, 6.45) is 12.3. The molecule has 4 fully saturated rings. The van der Waals surface area contributed by atoms with Crippen LogP contribution in [0.1, 0.15) is 113 Å². The molecule has 5 nitrogen and oxygen atoms in total. The Balaban J connectivity index is 0.000000422. The molecule has 0 aromatic rings. The Morgan fingerprint density at radius 2 is 1.29 bits per heavy atom. The number of rotatable bonds is 0. The van der Waals surface area contributed by atoms with Crippen LogP contribution in [0, 0.1) is 37.5 Å². The summed E-state index contributed by atoms with van der Waals surface area (Å²) in [6, 6.07) is 0. The SMILES string of the molecule is CC1(C)CC2(CC(C)(C)[N-]1)NC(=O)C1(CC(C)(C)NC(C)(C)C1)O2.[CH-]1CCCCC1.[U+2]. The topological polar surface area (TPSA) is 64.5 Å². The van der Waals surface area contributed by atoms with Crippen LogP contribution in [0.3, 0.4) is 0 Å². The van der Waals surface area contributed by atoms with Crippen LogP contribution in [0.2, 0.25) is 0 Å². The number of hydrogen-bond acceptors (Lipinski definition) is 3. The molecule has 6 heteroatoms. The van der Waals surface area contributed by atoms with E-state index in [1.54, 1.807) is 0 Å². The van der Waals surface area contributed by atoms with Crippen molar-refractivity contribution in [2.45, 2.75) is 147 Å². The molecule has 31 heavy (non-hydrogen) atoms. The van der Waals surface area contributed by atoms with Crippen molar-refractivity contribution >= 4 is 5.91 Å². The van der Waals surface area contributed by atoms with E-state index in [0.717, 1.165) is 12.8 Å². The second kappa shape index (κ2) is 9.22. The number of carbonyl (C=O) groups excluding carboxylic acids is 1. The minimum atomic E-state index is -0.748. The summed E-state index contributed by atoms with van der Waals surface area (Å²) in [5, 5.41) is 11.9. The van der Waals surface area contributed by atoms with Gasteiger partial charge in [0.15, 0.2) is 5.60 Å². The van der Waals surface area contributed by atoms with Gasteiger partial charge in [0.05, 0.1) is 0 Å². The van der Waals surface area contributed by atoms with Crippen molar-refractivity contribution in [1.29, 1.82) is 0 Å². The summed E-state index contributed by atoms with van der Waals surface area (Å²) >= 11 is 0. The molecular formula is C25H45N3O2U. The summed E-state index contributed by atoms with van der Waals surface area (Å²) < 4.78 is 6.71. The third-order valence-corrected chi connectivity index (χ3v) is 6.64. The van der Waals surface area contributed by atoms with Crippen molar-refractivity contribution < 1.29 is 40.6 Å². The maximum Gasteiger partial charge on any atom is 2.00 e. The summed E-state index contributed by atoms with van der Waals surface area (Å²) in [5.74, 6) is 0.0543. The van der Waals surface area contributed by atoms with Gasteiger partial charge in [0.2, 0.25) is 0 Å². The van der Waals surface area contributed by atoms with Gasteiger partial charge in [-0.05, 0) is 40.5 Å². The minimum Gasteiger partial charge on any atom is -0.652 e. The Morgan fingerprint density at radius 3 is 1.68 bits per heavy atom. The molecule has 1 saturated carbocycles. The number of ether oxygens (including phenoxy) is 1. The van der Waals surface area contributed by atoms with Gasteiger partial charge in [-0.3, -0.25) is 4.79 Å². The van der Waals surface area contributed by atoms with E-state index in [2.05, 4.69) is 72.4 Å². The molecule has 4 rings (SSSR count). The monoisotopic (exact) mass is 657 g/mol. The zero-order valence-corrected chi connectivity index (χ0v) is 25.4. The van der Waals surface area contributed by atoms with Crippen molar-refractivity contribution in [2.24, 2.45) is 0 Å². The Bertz CT molecular complexity index is 610. The first-order valence-corrected chi connectivity index (χ1v) is 12.0. The van der Waals surface area contributed by atoms with E-state index in [1.807, 2.05) is 0 Å². The Morgan fingerprint density at radius 1 is 0.806 bits per heavy atom. The van der Waals surface area contributed by atoms with Crippen LogP contribution in [0.15, 0.2) is 0 Å². The van der Waals surface area contributed by atoms with Crippen LogP contribution >= 0.6 is 0 Å². The molecule has 0 unspecified atom stereocenters. The fraction of sp³-hybridized carbons (Fsp3) is 0.920. The molecule has 0 aromatic carbocycles. The molecule has 3 heterocycles. The van der Waals surface area contributed by atoms with Gasteiger partial charge in [-0.15, -0.1) is 11.1 Å². The third kappa shape index (κ3) is 6.95. The van der Waals surface area contributed by atoms with E-state index in [0.29, 0.717) is 12.8 Å². The molecule has 1 amide bonds. The minimum absolute atomic E-state index is 0. The third-order valence-electron chi connectivity index (χ3n) is 6.64. The second-order valence-electron chi connectivity index (χ2n) is 12.8. The van der Waals surface area contributed by atoms with Gasteiger partial charge >= 0.3 is 31.1 Å². The zero-order valence-electron chi connectivity index (χ0n) is 21.2. The van der Waals surface area contributed by atoms with Gasteiger partial charge in [0.1, 0.15) is 5.72 Å². The van der Waals surface area contributed by atoms with E-state index < -0.39 is 11.3 Å². The maximum atomic E-state index is 13.1. The zero-order chi connectivity index (χ0) is 22.5. The number of carbonyl (C=O) groups is 1. The van der Waals surface area contributed by atoms with Gasteiger partial charge in [0, 0.05) is 23.9 Å². The maximum absolute atomic E-state index is 13.1. The molecular weight excluding hydrogens is 612 g/mol. The van der Waals surface area contributed by atoms with E-state index in [9.17, 15) is 4.79 Å². The summed E-state index contributed by atoms with van der Waals surface area (Å²) in [7, 11) is 0. The predicted octanol–water partition coefficient (Wildman–Crippen LogP) is 5.39. The van der Waals surface area contributed by atoms with Crippen molar-refractivity contribution in [3.8, 4) is 0 Å². The smallest absolute Gasteiger partial charge is 0.652 e. The van der Waals surface area contributed by atoms with Gasteiger partial charge in [-0.25, -0.2) is 0 Å². The average Bonchev–Trinajstić information content (AvgIpc) is 2.72. The summed E-state index contributed by atoms with van der Waals surface area (Å²) in [5.41, 5.74) is -2.06. The Kier molecular flexibility index (Phi) is 8.22. The van der Waals surface area contributed by atoms with Crippen LogP contribution < -0.4 is 10.6 Å². The molecule has 176 valence electrons. The first kappa shape index (κ1) is 27.6. The molecule has 0 bridgehead atoms. The number of hydrogen-bond donors (Lipinski definition) is 2. The van der Waals surface area contributed by atoms with E-state index in [-0.39, 0.29) is 59.2 Å². The second-order valence-corrected chi connectivity index (χ2v) is 12.8. The number of nitrogens with one attached hydrogen (secondary N) is 2.